The molecular formula is C13H22N4O4. The number of rotatable bonds is 5. The Bertz CT molecular complexity index is 639. The van der Waals surface area contributed by atoms with Crippen LogP contribution >= 0.6 is 0 Å². The number of hydrogen-bond acceptors (Lipinski definition) is 5. The smallest absolute Gasteiger partial charge is 0.312 e. The second-order valence-corrected chi connectivity index (χ2v) is 6.32. The lowest BCUT2D eigenvalue weighted by Crippen LogP contribution is -2.44. The normalized spacial score (nSPS) is 13.2. The molecule has 0 saturated heterocycles. The Hall–Kier alpha value is -1.96. The quantitative estimate of drug-likeness (QED) is 0.629. The van der Waals surface area contributed by atoms with E-state index in [9.17, 15) is 19.7 Å². The van der Waals surface area contributed by atoms with Gasteiger partial charge in [-0.15, -0.1) is 0 Å². The highest BCUT2D eigenvalue weighted by molar-refractivity contribution is 5.21. The second kappa shape index (κ2) is 6.21. The van der Waals surface area contributed by atoms with Crippen molar-refractivity contribution in [2.75, 3.05) is 6.54 Å². The first-order valence-corrected chi connectivity index (χ1v) is 6.73. The van der Waals surface area contributed by atoms with Crippen molar-refractivity contribution < 1.29 is 4.92 Å². The van der Waals surface area contributed by atoms with Gasteiger partial charge in [-0.05, 0) is 33.2 Å². The topological polar surface area (TPSA) is 99.2 Å². The van der Waals surface area contributed by atoms with Gasteiger partial charge in [0.1, 0.15) is 0 Å². The van der Waals surface area contributed by atoms with Gasteiger partial charge in [0.25, 0.3) is 0 Å². The molecule has 1 aromatic rings. The average Bonchev–Trinajstić information content (AvgIpc) is 2.35. The lowest BCUT2D eigenvalue weighted by molar-refractivity contribution is -0.387. The molecule has 1 aromatic heterocycles. The zero-order valence-corrected chi connectivity index (χ0v) is 13.0. The van der Waals surface area contributed by atoms with Gasteiger partial charge in [0, 0.05) is 19.1 Å². The minimum absolute atomic E-state index is 0.0170. The van der Waals surface area contributed by atoms with Crippen molar-refractivity contribution in [3.05, 3.63) is 37.1 Å². The number of hydrogen-bond donors (Lipinski definition) is 1. The van der Waals surface area contributed by atoms with Crippen molar-refractivity contribution >= 4 is 5.69 Å². The highest BCUT2D eigenvalue weighted by Crippen LogP contribution is 2.04. The zero-order chi connectivity index (χ0) is 16.4. The van der Waals surface area contributed by atoms with E-state index in [0.717, 1.165) is 15.3 Å². The summed E-state index contributed by atoms with van der Waals surface area (Å²) in [6, 6.07) is 0. The molecule has 118 valence electrons. The molecule has 0 aliphatic rings. The van der Waals surface area contributed by atoms with Gasteiger partial charge >= 0.3 is 16.9 Å². The van der Waals surface area contributed by atoms with Crippen LogP contribution in [0.5, 0.6) is 0 Å². The molecule has 0 saturated carbocycles. The second-order valence-electron chi connectivity index (χ2n) is 6.32. The van der Waals surface area contributed by atoms with Gasteiger partial charge in [-0.2, -0.15) is 0 Å². The average molecular weight is 298 g/mol. The van der Waals surface area contributed by atoms with Crippen molar-refractivity contribution in [3.63, 3.8) is 0 Å². The van der Waals surface area contributed by atoms with E-state index in [4.69, 9.17) is 0 Å². The summed E-state index contributed by atoms with van der Waals surface area (Å²) in [6.45, 7) is 8.65. The summed E-state index contributed by atoms with van der Waals surface area (Å²) in [5.41, 5.74) is -2.07. The molecule has 0 aliphatic heterocycles. The van der Waals surface area contributed by atoms with Crippen LogP contribution in [0.4, 0.5) is 5.69 Å². The third kappa shape index (κ3) is 4.52. The predicted octanol–water partition coefficient (Wildman–Crippen LogP) is 0.479. The Morgan fingerprint density at radius 3 is 2.43 bits per heavy atom. The first-order chi connectivity index (χ1) is 9.53. The number of nitrogens with zero attached hydrogens (tertiary/aromatic N) is 3. The molecule has 1 N–H and O–H groups in total. The van der Waals surface area contributed by atoms with Crippen LogP contribution in [0, 0.1) is 16.0 Å². The number of aromatic nitrogens is 2. The SMILES string of the molecule is CC(CNC(C)(C)C)Cn1c(=O)c([N+](=O)[O-])cn(C)c1=O. The van der Waals surface area contributed by atoms with Gasteiger partial charge in [0.2, 0.25) is 0 Å². The minimum atomic E-state index is -0.856. The molecule has 21 heavy (non-hydrogen) atoms. The minimum Gasteiger partial charge on any atom is -0.312 e. The Kier molecular flexibility index (Phi) is 5.06. The Morgan fingerprint density at radius 1 is 1.38 bits per heavy atom. The van der Waals surface area contributed by atoms with Crippen LogP contribution in [0.15, 0.2) is 15.8 Å². The van der Waals surface area contributed by atoms with Crippen LogP contribution < -0.4 is 16.6 Å². The standard InChI is InChI=1S/C13H22N4O4/c1-9(6-14-13(2,3)4)7-16-11(18)10(17(20)21)8-15(5)12(16)19/h8-9,14H,6-7H2,1-5H3. The van der Waals surface area contributed by atoms with E-state index in [1.54, 1.807) is 0 Å². The highest BCUT2D eigenvalue weighted by Gasteiger charge is 2.20. The van der Waals surface area contributed by atoms with Gasteiger partial charge in [-0.25, -0.2) is 4.79 Å². The largest absolute Gasteiger partial charge is 0.350 e. The fourth-order valence-electron chi connectivity index (χ4n) is 1.85. The van der Waals surface area contributed by atoms with Gasteiger partial charge in [0.05, 0.1) is 11.1 Å². The Morgan fingerprint density at radius 2 is 1.95 bits per heavy atom. The van der Waals surface area contributed by atoms with E-state index in [1.807, 2.05) is 27.7 Å². The lowest BCUT2D eigenvalue weighted by atomic mass is 10.1. The maximum Gasteiger partial charge on any atom is 0.350 e. The maximum atomic E-state index is 12.0. The first-order valence-electron chi connectivity index (χ1n) is 6.73. The van der Waals surface area contributed by atoms with E-state index < -0.39 is 21.9 Å². The predicted molar refractivity (Wildman–Crippen MR) is 79.5 cm³/mol. The first kappa shape index (κ1) is 17.1. The summed E-state index contributed by atoms with van der Waals surface area (Å²) in [5.74, 6) is -0.0170. The Balaban J connectivity index is 3.06. The molecule has 0 spiro atoms. The van der Waals surface area contributed by atoms with Crippen molar-refractivity contribution in [1.29, 1.82) is 0 Å². The fourth-order valence-corrected chi connectivity index (χ4v) is 1.85. The highest BCUT2D eigenvalue weighted by atomic mass is 16.6. The van der Waals surface area contributed by atoms with Crippen molar-refractivity contribution in [2.24, 2.45) is 13.0 Å². The van der Waals surface area contributed by atoms with Crippen molar-refractivity contribution in [2.45, 2.75) is 39.8 Å². The third-order valence-corrected chi connectivity index (χ3v) is 2.98. The monoisotopic (exact) mass is 298 g/mol. The van der Waals surface area contributed by atoms with Crippen molar-refractivity contribution in [3.8, 4) is 0 Å². The van der Waals surface area contributed by atoms with Crippen LogP contribution in [-0.4, -0.2) is 26.1 Å². The molecule has 8 nitrogen and oxygen atoms in total. The zero-order valence-electron chi connectivity index (χ0n) is 13.0. The van der Waals surface area contributed by atoms with Crippen LogP contribution in [0.2, 0.25) is 0 Å². The van der Waals surface area contributed by atoms with E-state index >= 15 is 0 Å². The molecule has 0 bridgehead atoms. The molecule has 0 aromatic carbocycles. The molecule has 8 heteroatoms. The summed E-state index contributed by atoms with van der Waals surface area (Å²) in [7, 11) is 1.39. The summed E-state index contributed by atoms with van der Waals surface area (Å²) in [5, 5.41) is 14.1. The summed E-state index contributed by atoms with van der Waals surface area (Å²) < 4.78 is 1.98. The number of nitrogens with one attached hydrogen (secondary N) is 1. The summed E-state index contributed by atoms with van der Waals surface area (Å²) in [4.78, 5) is 34.1. The van der Waals surface area contributed by atoms with Crippen LogP contribution in [-0.2, 0) is 13.6 Å². The van der Waals surface area contributed by atoms with E-state index in [-0.39, 0.29) is 18.0 Å². The number of aryl methyl sites for hydroxylation is 1. The van der Waals surface area contributed by atoms with Crippen molar-refractivity contribution in [1.82, 2.24) is 14.5 Å². The van der Waals surface area contributed by atoms with Gasteiger partial charge in [0.15, 0.2) is 0 Å². The maximum absolute atomic E-state index is 12.0. The molecular weight excluding hydrogens is 276 g/mol. The molecule has 0 amide bonds. The van der Waals surface area contributed by atoms with E-state index in [1.165, 1.54) is 7.05 Å². The van der Waals surface area contributed by atoms with E-state index in [2.05, 4.69) is 5.32 Å². The molecule has 1 heterocycles. The van der Waals surface area contributed by atoms with Crippen LogP contribution in [0.25, 0.3) is 0 Å². The molecule has 1 atom stereocenters. The molecule has 1 rings (SSSR count). The third-order valence-electron chi connectivity index (χ3n) is 2.98. The van der Waals surface area contributed by atoms with E-state index in [0.29, 0.717) is 6.54 Å². The van der Waals surface area contributed by atoms with Gasteiger partial charge < -0.3 is 5.32 Å². The summed E-state index contributed by atoms with van der Waals surface area (Å²) >= 11 is 0. The van der Waals surface area contributed by atoms with Crippen LogP contribution in [0.3, 0.4) is 0 Å². The van der Waals surface area contributed by atoms with Gasteiger partial charge in [-0.1, -0.05) is 6.92 Å². The number of nitro groups is 1. The molecule has 1 unspecified atom stereocenters. The molecule has 0 aliphatic carbocycles. The van der Waals surface area contributed by atoms with Crippen LogP contribution in [0.1, 0.15) is 27.7 Å². The molecule has 0 fully saturated rings. The van der Waals surface area contributed by atoms with Gasteiger partial charge in [-0.3, -0.25) is 24.0 Å². The Labute approximate surface area is 122 Å². The summed E-state index contributed by atoms with van der Waals surface area (Å²) in [6.07, 6.45) is 0.958. The molecule has 0 radical (unpaired) electrons. The fraction of sp³-hybridized carbons (Fsp3) is 0.692. The lowest BCUT2D eigenvalue weighted by Gasteiger charge is -2.23.